The van der Waals surface area contributed by atoms with Crippen LogP contribution in [-0.4, -0.2) is 32.6 Å². The lowest BCUT2D eigenvalue weighted by Gasteiger charge is -2.26. The Morgan fingerprint density at radius 1 is 1.22 bits per heavy atom. The highest BCUT2D eigenvalue weighted by molar-refractivity contribution is 6.30. The summed E-state index contributed by atoms with van der Waals surface area (Å²) in [6.07, 6.45) is 0.589. The zero-order valence-corrected chi connectivity index (χ0v) is 12.0. The maximum Gasteiger partial charge on any atom is 0.172 e. The lowest BCUT2D eigenvalue weighted by molar-refractivity contribution is -0.152. The van der Waals surface area contributed by atoms with Crippen molar-refractivity contribution in [2.75, 3.05) is 20.3 Å². The number of nitrogens with one attached hydrogen (secondary N) is 1. The van der Waals surface area contributed by atoms with E-state index in [-0.39, 0.29) is 12.3 Å². The molecule has 1 N–H and O–H groups in total. The van der Waals surface area contributed by atoms with E-state index in [1.165, 1.54) is 5.56 Å². The lowest BCUT2D eigenvalue weighted by atomic mass is 10.1. The van der Waals surface area contributed by atoms with Gasteiger partial charge < -0.3 is 14.8 Å². The standard InChI is InChI=1S/C14H22ClNO2/c1-4-17-14(18-5-2)13(16-3)10-11-7-6-8-12(15)9-11/h6-9,13-14,16H,4-5,10H2,1-3H3. The van der Waals surface area contributed by atoms with E-state index >= 15 is 0 Å². The predicted molar refractivity (Wildman–Crippen MR) is 75.0 cm³/mol. The Labute approximate surface area is 114 Å². The van der Waals surface area contributed by atoms with Crippen molar-refractivity contribution in [1.82, 2.24) is 5.32 Å². The van der Waals surface area contributed by atoms with Crippen LogP contribution in [-0.2, 0) is 15.9 Å². The van der Waals surface area contributed by atoms with Crippen molar-refractivity contribution < 1.29 is 9.47 Å². The van der Waals surface area contributed by atoms with Gasteiger partial charge in [-0.15, -0.1) is 0 Å². The zero-order valence-electron chi connectivity index (χ0n) is 11.3. The van der Waals surface area contributed by atoms with Crippen LogP contribution in [0.15, 0.2) is 24.3 Å². The summed E-state index contributed by atoms with van der Waals surface area (Å²) in [5.74, 6) is 0. The molecule has 1 atom stereocenters. The highest BCUT2D eigenvalue weighted by Gasteiger charge is 2.21. The summed E-state index contributed by atoms with van der Waals surface area (Å²) >= 11 is 5.99. The van der Waals surface area contributed by atoms with Crippen LogP contribution in [0.2, 0.25) is 5.02 Å². The van der Waals surface area contributed by atoms with Gasteiger partial charge in [-0.1, -0.05) is 23.7 Å². The summed E-state index contributed by atoms with van der Waals surface area (Å²) in [4.78, 5) is 0. The molecule has 0 radical (unpaired) electrons. The van der Waals surface area contributed by atoms with E-state index in [2.05, 4.69) is 11.4 Å². The van der Waals surface area contributed by atoms with Crippen molar-refractivity contribution in [3.05, 3.63) is 34.9 Å². The minimum Gasteiger partial charge on any atom is -0.351 e. The number of rotatable bonds is 8. The minimum absolute atomic E-state index is 0.114. The number of ether oxygens (including phenoxy) is 2. The average molecular weight is 272 g/mol. The van der Waals surface area contributed by atoms with Crippen LogP contribution in [0.5, 0.6) is 0 Å². The Bertz CT molecular complexity index is 340. The molecule has 1 unspecified atom stereocenters. The SMILES string of the molecule is CCOC(OCC)C(Cc1cccc(Cl)c1)NC. The fourth-order valence-electron chi connectivity index (χ4n) is 1.86. The molecule has 4 heteroatoms. The number of benzene rings is 1. The molecule has 0 aliphatic carbocycles. The van der Waals surface area contributed by atoms with Gasteiger partial charge >= 0.3 is 0 Å². The van der Waals surface area contributed by atoms with Crippen LogP contribution in [0.4, 0.5) is 0 Å². The van der Waals surface area contributed by atoms with Crippen molar-refractivity contribution in [1.29, 1.82) is 0 Å². The van der Waals surface area contributed by atoms with Crippen LogP contribution in [0.3, 0.4) is 0 Å². The molecule has 0 fully saturated rings. The first-order valence-electron chi connectivity index (χ1n) is 6.36. The van der Waals surface area contributed by atoms with Crippen molar-refractivity contribution in [3.63, 3.8) is 0 Å². The number of halogens is 1. The molecule has 0 aliphatic heterocycles. The van der Waals surface area contributed by atoms with Gasteiger partial charge in [-0.25, -0.2) is 0 Å². The highest BCUT2D eigenvalue weighted by Crippen LogP contribution is 2.14. The van der Waals surface area contributed by atoms with Gasteiger partial charge in [-0.2, -0.15) is 0 Å². The molecule has 3 nitrogen and oxygen atoms in total. The van der Waals surface area contributed by atoms with Crippen LogP contribution in [0, 0.1) is 0 Å². The monoisotopic (exact) mass is 271 g/mol. The van der Waals surface area contributed by atoms with E-state index in [4.69, 9.17) is 21.1 Å². The molecule has 0 heterocycles. The van der Waals surface area contributed by atoms with Crippen molar-refractivity contribution >= 4 is 11.6 Å². The molecule has 0 aromatic heterocycles. The molecule has 0 saturated carbocycles. The first-order chi connectivity index (χ1) is 8.71. The van der Waals surface area contributed by atoms with Crippen LogP contribution < -0.4 is 5.32 Å². The maximum atomic E-state index is 5.99. The third-order valence-electron chi connectivity index (χ3n) is 2.71. The van der Waals surface area contributed by atoms with Gasteiger partial charge in [-0.05, 0) is 45.0 Å². The molecule has 0 aliphatic rings. The van der Waals surface area contributed by atoms with Gasteiger partial charge in [0.2, 0.25) is 0 Å². The number of hydrogen-bond donors (Lipinski definition) is 1. The van der Waals surface area contributed by atoms with Crippen LogP contribution in [0.1, 0.15) is 19.4 Å². The predicted octanol–water partition coefficient (Wildman–Crippen LogP) is 2.87. The quantitative estimate of drug-likeness (QED) is 0.738. The number of likely N-dealkylation sites (N-methyl/N-ethyl adjacent to an activating group) is 1. The Morgan fingerprint density at radius 3 is 2.39 bits per heavy atom. The molecule has 102 valence electrons. The van der Waals surface area contributed by atoms with E-state index in [9.17, 15) is 0 Å². The normalized spacial score (nSPS) is 12.9. The Balaban J connectivity index is 2.69. The summed E-state index contributed by atoms with van der Waals surface area (Å²) in [6.45, 7) is 5.22. The van der Waals surface area contributed by atoms with Gasteiger partial charge in [0.05, 0.1) is 6.04 Å². The molecule has 1 rings (SSSR count). The molecule has 1 aromatic rings. The lowest BCUT2D eigenvalue weighted by Crippen LogP contribution is -2.42. The summed E-state index contributed by atoms with van der Waals surface area (Å²) in [5, 5.41) is 4.00. The average Bonchev–Trinajstić information content (AvgIpc) is 2.36. The zero-order chi connectivity index (χ0) is 13.4. The third kappa shape index (κ3) is 4.94. The van der Waals surface area contributed by atoms with E-state index in [0.29, 0.717) is 13.2 Å². The second kappa shape index (κ2) is 8.48. The van der Waals surface area contributed by atoms with Crippen LogP contribution >= 0.6 is 11.6 Å². The van der Waals surface area contributed by atoms with Crippen molar-refractivity contribution in [2.45, 2.75) is 32.6 Å². The van der Waals surface area contributed by atoms with Gasteiger partial charge in [0.1, 0.15) is 0 Å². The summed E-state index contributed by atoms with van der Waals surface area (Å²) in [6, 6.07) is 7.98. The smallest absolute Gasteiger partial charge is 0.172 e. The summed E-state index contributed by atoms with van der Waals surface area (Å²) in [7, 11) is 1.92. The van der Waals surface area contributed by atoms with Gasteiger partial charge in [-0.3, -0.25) is 0 Å². The Kier molecular flexibility index (Phi) is 7.28. The fourth-order valence-corrected chi connectivity index (χ4v) is 2.07. The van der Waals surface area contributed by atoms with E-state index in [1.54, 1.807) is 0 Å². The van der Waals surface area contributed by atoms with Crippen LogP contribution in [0.25, 0.3) is 0 Å². The molecule has 0 amide bonds. The van der Waals surface area contributed by atoms with Crippen molar-refractivity contribution in [3.8, 4) is 0 Å². The molecular formula is C14H22ClNO2. The third-order valence-corrected chi connectivity index (χ3v) is 2.94. The van der Waals surface area contributed by atoms with Crippen molar-refractivity contribution in [2.24, 2.45) is 0 Å². The highest BCUT2D eigenvalue weighted by atomic mass is 35.5. The largest absolute Gasteiger partial charge is 0.351 e. The molecule has 18 heavy (non-hydrogen) atoms. The van der Waals surface area contributed by atoms with E-state index in [1.807, 2.05) is 39.1 Å². The van der Waals surface area contributed by atoms with E-state index < -0.39 is 0 Å². The Morgan fingerprint density at radius 2 is 1.89 bits per heavy atom. The number of hydrogen-bond acceptors (Lipinski definition) is 3. The van der Waals surface area contributed by atoms with Gasteiger partial charge in [0.15, 0.2) is 6.29 Å². The topological polar surface area (TPSA) is 30.5 Å². The molecule has 0 bridgehead atoms. The summed E-state index contributed by atoms with van der Waals surface area (Å²) < 4.78 is 11.2. The first kappa shape index (κ1) is 15.4. The first-order valence-corrected chi connectivity index (χ1v) is 6.74. The minimum atomic E-state index is -0.232. The molecule has 1 aromatic carbocycles. The fraction of sp³-hybridized carbons (Fsp3) is 0.571. The second-order valence-corrected chi connectivity index (χ2v) is 4.44. The maximum absolute atomic E-state index is 5.99. The molecule has 0 saturated heterocycles. The van der Waals surface area contributed by atoms with Gasteiger partial charge in [0, 0.05) is 18.2 Å². The summed E-state index contributed by atoms with van der Waals surface area (Å²) in [5.41, 5.74) is 1.17. The molecular weight excluding hydrogens is 250 g/mol. The van der Waals surface area contributed by atoms with E-state index in [0.717, 1.165) is 11.4 Å². The second-order valence-electron chi connectivity index (χ2n) is 4.01. The molecule has 0 spiro atoms. The Hall–Kier alpha value is -0.610. The van der Waals surface area contributed by atoms with Gasteiger partial charge in [0.25, 0.3) is 0 Å².